The van der Waals surface area contributed by atoms with Crippen molar-refractivity contribution in [2.24, 2.45) is 0 Å². The number of halogens is 2. The molecule has 0 N–H and O–H groups in total. The summed E-state index contributed by atoms with van der Waals surface area (Å²) in [5.41, 5.74) is 1.77. The van der Waals surface area contributed by atoms with E-state index in [9.17, 15) is 8.78 Å². The van der Waals surface area contributed by atoms with Crippen LogP contribution in [0.4, 0.5) is 14.5 Å². The van der Waals surface area contributed by atoms with E-state index in [1.165, 1.54) is 6.07 Å². The van der Waals surface area contributed by atoms with Crippen LogP contribution in [0, 0.1) is 18.6 Å². The van der Waals surface area contributed by atoms with Crippen LogP contribution in [-0.2, 0) is 0 Å². The van der Waals surface area contributed by atoms with Crippen molar-refractivity contribution < 1.29 is 8.78 Å². The number of hydrogen-bond acceptors (Lipinski definition) is 3. The van der Waals surface area contributed by atoms with Crippen molar-refractivity contribution in [3.63, 3.8) is 0 Å². The first-order chi connectivity index (χ1) is 9.56. The molecule has 20 heavy (non-hydrogen) atoms. The molecule has 0 bridgehead atoms. The minimum Gasteiger partial charge on any atom is -0.368 e. The van der Waals surface area contributed by atoms with Crippen molar-refractivity contribution in [3.8, 4) is 0 Å². The quantitative estimate of drug-likeness (QED) is 0.798. The molecule has 1 aromatic heterocycles. The predicted molar refractivity (Wildman–Crippen MR) is 76.1 cm³/mol. The van der Waals surface area contributed by atoms with Gasteiger partial charge in [-0.2, -0.15) is 0 Å². The number of likely N-dealkylation sites (N-methyl/N-ethyl adjacent to an activating group) is 1. The second kappa shape index (κ2) is 4.98. The Balaban J connectivity index is 2.13. The fraction of sp³-hybridized carbons (Fsp3) is 0.400. The number of aromatic nitrogens is 1. The zero-order valence-corrected chi connectivity index (χ0v) is 11.7. The van der Waals surface area contributed by atoms with E-state index in [0.29, 0.717) is 11.1 Å². The fourth-order valence-corrected chi connectivity index (χ4v) is 2.65. The van der Waals surface area contributed by atoms with Gasteiger partial charge in [0.15, 0.2) is 11.6 Å². The van der Waals surface area contributed by atoms with E-state index in [1.807, 2.05) is 13.0 Å². The summed E-state index contributed by atoms with van der Waals surface area (Å²) in [6, 6.07) is 4.74. The van der Waals surface area contributed by atoms with E-state index >= 15 is 0 Å². The van der Waals surface area contributed by atoms with Gasteiger partial charge in [-0.05, 0) is 32.2 Å². The molecule has 0 atom stereocenters. The highest BCUT2D eigenvalue weighted by Crippen LogP contribution is 2.29. The number of hydrogen-bond donors (Lipinski definition) is 0. The Hall–Kier alpha value is -1.75. The maximum absolute atomic E-state index is 13.9. The van der Waals surface area contributed by atoms with Crippen molar-refractivity contribution in [3.05, 3.63) is 35.5 Å². The van der Waals surface area contributed by atoms with E-state index in [4.69, 9.17) is 0 Å². The maximum atomic E-state index is 13.9. The van der Waals surface area contributed by atoms with Crippen molar-refractivity contribution >= 4 is 16.6 Å². The third-order valence-corrected chi connectivity index (χ3v) is 3.82. The first-order valence-electron chi connectivity index (χ1n) is 6.75. The van der Waals surface area contributed by atoms with Gasteiger partial charge in [-0.1, -0.05) is 0 Å². The average Bonchev–Trinajstić information content (AvgIpc) is 2.43. The van der Waals surface area contributed by atoms with Gasteiger partial charge in [0, 0.05) is 42.9 Å². The lowest BCUT2D eigenvalue weighted by Crippen LogP contribution is -2.44. The lowest BCUT2D eigenvalue weighted by Gasteiger charge is -2.34. The van der Waals surface area contributed by atoms with Gasteiger partial charge in [0.25, 0.3) is 0 Å². The normalized spacial score (nSPS) is 16.9. The van der Waals surface area contributed by atoms with Gasteiger partial charge in [0.1, 0.15) is 5.52 Å². The van der Waals surface area contributed by atoms with Crippen LogP contribution < -0.4 is 4.90 Å². The van der Waals surface area contributed by atoms with Crippen molar-refractivity contribution in [2.75, 3.05) is 38.1 Å². The van der Waals surface area contributed by atoms with Crippen molar-refractivity contribution in [1.82, 2.24) is 9.88 Å². The Labute approximate surface area is 116 Å². The monoisotopic (exact) mass is 277 g/mol. The molecule has 0 aliphatic carbocycles. The molecule has 106 valence electrons. The zero-order chi connectivity index (χ0) is 14.3. The molecule has 2 aromatic rings. The fourth-order valence-electron chi connectivity index (χ4n) is 2.65. The average molecular weight is 277 g/mol. The molecule has 3 rings (SSSR count). The van der Waals surface area contributed by atoms with Crippen LogP contribution in [-0.4, -0.2) is 43.1 Å². The Bertz CT molecular complexity index is 649. The molecule has 1 fully saturated rings. The molecule has 0 saturated carbocycles. The van der Waals surface area contributed by atoms with E-state index in [-0.39, 0.29) is 5.52 Å². The standard InChI is InChI=1S/C15H17F2N3/c1-10-9-13(20-7-5-19(2)6-8-20)11-3-4-12(16)14(17)15(11)18-10/h3-4,9H,5-8H2,1-2H3. The maximum Gasteiger partial charge on any atom is 0.185 e. The van der Waals surface area contributed by atoms with Crippen molar-refractivity contribution in [2.45, 2.75) is 6.92 Å². The SMILES string of the molecule is Cc1cc(N2CCN(C)CC2)c2ccc(F)c(F)c2n1. The zero-order valence-electron chi connectivity index (χ0n) is 11.7. The second-order valence-electron chi connectivity index (χ2n) is 5.33. The van der Waals surface area contributed by atoms with Crippen LogP contribution in [0.25, 0.3) is 10.9 Å². The molecule has 3 nitrogen and oxygen atoms in total. The number of aryl methyl sites for hydroxylation is 1. The molecular formula is C15H17F2N3. The number of fused-ring (bicyclic) bond motifs is 1. The highest BCUT2D eigenvalue weighted by atomic mass is 19.2. The van der Waals surface area contributed by atoms with E-state index in [0.717, 1.165) is 31.9 Å². The van der Waals surface area contributed by atoms with Crippen molar-refractivity contribution in [1.29, 1.82) is 0 Å². The van der Waals surface area contributed by atoms with Crippen LogP contribution in [0.15, 0.2) is 18.2 Å². The van der Waals surface area contributed by atoms with Crippen LogP contribution in [0.1, 0.15) is 5.69 Å². The minimum absolute atomic E-state index is 0.124. The van der Waals surface area contributed by atoms with Crippen LogP contribution in [0.2, 0.25) is 0 Å². The summed E-state index contributed by atoms with van der Waals surface area (Å²) in [5, 5.41) is 0.680. The summed E-state index contributed by atoms with van der Waals surface area (Å²) in [4.78, 5) is 8.63. The largest absolute Gasteiger partial charge is 0.368 e. The number of anilines is 1. The third kappa shape index (κ3) is 2.22. The lowest BCUT2D eigenvalue weighted by molar-refractivity contribution is 0.313. The Morgan fingerprint density at radius 3 is 2.50 bits per heavy atom. The van der Waals surface area contributed by atoms with Gasteiger partial charge in [-0.25, -0.2) is 13.8 Å². The smallest absolute Gasteiger partial charge is 0.185 e. The molecule has 0 radical (unpaired) electrons. The molecule has 2 heterocycles. The number of pyridine rings is 1. The number of nitrogens with zero attached hydrogens (tertiary/aromatic N) is 3. The third-order valence-electron chi connectivity index (χ3n) is 3.82. The lowest BCUT2D eigenvalue weighted by atomic mass is 10.1. The highest BCUT2D eigenvalue weighted by Gasteiger charge is 2.19. The van der Waals surface area contributed by atoms with E-state index in [1.54, 1.807) is 6.07 Å². The molecule has 0 amide bonds. The Kier molecular flexibility index (Phi) is 3.30. The summed E-state index contributed by atoms with van der Waals surface area (Å²) in [6.45, 7) is 5.50. The topological polar surface area (TPSA) is 19.4 Å². The van der Waals surface area contributed by atoms with Gasteiger partial charge in [0.05, 0.1) is 0 Å². The predicted octanol–water partition coefficient (Wildman–Crippen LogP) is 2.57. The molecule has 0 spiro atoms. The van der Waals surface area contributed by atoms with Crippen LogP contribution in [0.5, 0.6) is 0 Å². The number of piperazine rings is 1. The van der Waals surface area contributed by atoms with Gasteiger partial charge in [0.2, 0.25) is 0 Å². The van der Waals surface area contributed by atoms with Crippen LogP contribution in [0.3, 0.4) is 0 Å². The highest BCUT2D eigenvalue weighted by molar-refractivity contribution is 5.92. The van der Waals surface area contributed by atoms with E-state index in [2.05, 4.69) is 21.8 Å². The first kappa shape index (κ1) is 13.2. The number of rotatable bonds is 1. The van der Waals surface area contributed by atoms with Crippen LogP contribution >= 0.6 is 0 Å². The summed E-state index contributed by atoms with van der Waals surface area (Å²) in [7, 11) is 2.09. The number of benzene rings is 1. The molecule has 0 unspecified atom stereocenters. The molecular weight excluding hydrogens is 260 g/mol. The van der Waals surface area contributed by atoms with Gasteiger partial charge < -0.3 is 9.80 Å². The molecule has 1 saturated heterocycles. The van der Waals surface area contributed by atoms with Gasteiger partial charge in [-0.15, -0.1) is 0 Å². The summed E-state index contributed by atoms with van der Waals surface area (Å²) < 4.78 is 27.3. The first-order valence-corrected chi connectivity index (χ1v) is 6.75. The molecule has 1 aliphatic rings. The summed E-state index contributed by atoms with van der Waals surface area (Å²) in [6.07, 6.45) is 0. The summed E-state index contributed by atoms with van der Waals surface area (Å²) in [5.74, 6) is -1.71. The molecule has 1 aliphatic heterocycles. The minimum atomic E-state index is -0.860. The summed E-state index contributed by atoms with van der Waals surface area (Å²) >= 11 is 0. The van der Waals surface area contributed by atoms with Gasteiger partial charge >= 0.3 is 0 Å². The Morgan fingerprint density at radius 2 is 1.80 bits per heavy atom. The second-order valence-corrected chi connectivity index (χ2v) is 5.33. The van der Waals surface area contributed by atoms with Gasteiger partial charge in [-0.3, -0.25) is 0 Å². The Morgan fingerprint density at radius 1 is 1.10 bits per heavy atom. The molecule has 1 aromatic carbocycles. The van der Waals surface area contributed by atoms with E-state index < -0.39 is 11.6 Å². The molecule has 5 heteroatoms.